The second-order valence-electron chi connectivity index (χ2n) is 16.0. The Morgan fingerprint density at radius 1 is 0.500 bits per heavy atom. The van der Waals surface area contributed by atoms with Gasteiger partial charge in [-0.2, -0.15) is 23.7 Å². The van der Waals surface area contributed by atoms with E-state index in [-0.39, 0.29) is 27.5 Å². The predicted molar refractivity (Wildman–Crippen MR) is 212 cm³/mol. The molecule has 6 aromatic carbocycles. The van der Waals surface area contributed by atoms with E-state index in [9.17, 15) is 23.7 Å². The molecule has 0 aliphatic rings. The van der Waals surface area contributed by atoms with Crippen LogP contribution in [-0.2, 0) is 17.0 Å². The summed E-state index contributed by atoms with van der Waals surface area (Å²) in [6.45, 7) is 12.9. The zero-order chi connectivity index (χ0) is 38.3. The zero-order valence-electron chi connectivity index (χ0n) is 30.9. The molecular formula is C47H37F3N4. The summed E-state index contributed by atoms with van der Waals surface area (Å²) in [4.78, 5) is 0. The van der Waals surface area contributed by atoms with Crippen molar-refractivity contribution in [2.75, 3.05) is 0 Å². The second kappa shape index (κ2) is 12.1. The Hall–Kier alpha value is -6.31. The van der Waals surface area contributed by atoms with Crippen molar-refractivity contribution in [3.63, 3.8) is 0 Å². The summed E-state index contributed by atoms with van der Waals surface area (Å²) in [5, 5.41) is 25.3. The molecule has 8 rings (SSSR count). The lowest BCUT2D eigenvalue weighted by molar-refractivity contribution is -0.137. The Morgan fingerprint density at radius 3 is 1.54 bits per heavy atom. The van der Waals surface area contributed by atoms with Gasteiger partial charge in [-0.25, -0.2) is 0 Å². The van der Waals surface area contributed by atoms with E-state index >= 15 is 0 Å². The first kappa shape index (κ1) is 34.8. The Balaban J connectivity index is 1.59. The van der Waals surface area contributed by atoms with Crippen LogP contribution < -0.4 is 0 Å². The molecule has 7 heteroatoms. The average molecular weight is 715 g/mol. The van der Waals surface area contributed by atoms with Crippen LogP contribution in [0.1, 0.15) is 69.4 Å². The van der Waals surface area contributed by atoms with Crippen LogP contribution in [0.25, 0.3) is 66.1 Å². The average Bonchev–Trinajstić information content (AvgIpc) is 3.65. The van der Waals surface area contributed by atoms with Gasteiger partial charge >= 0.3 is 6.18 Å². The standard InChI is InChI=1S/C47H37F3N4/c1-45(2,3)30-15-17-36-34-11-7-9-13-39(34)53(42(36)24-30)41-20-19-33(29-21-28(26-51)22-32(23-29)47(48,49)50)44(38(41)27-52)54-40-14-10-8-12-35(40)37-18-16-31(25-43(37)54)46(4,5)6/h7-25H,1-6H3. The van der Waals surface area contributed by atoms with Crippen molar-refractivity contribution < 1.29 is 13.2 Å². The van der Waals surface area contributed by atoms with Crippen LogP contribution in [-0.4, -0.2) is 9.13 Å². The number of alkyl halides is 3. The molecule has 0 fully saturated rings. The van der Waals surface area contributed by atoms with Gasteiger partial charge in [-0.1, -0.05) is 108 Å². The lowest BCUT2D eigenvalue weighted by atomic mass is 9.86. The quantitative estimate of drug-likeness (QED) is 0.183. The lowest BCUT2D eigenvalue weighted by Crippen LogP contribution is -2.12. The number of nitriles is 2. The first-order valence-corrected chi connectivity index (χ1v) is 17.9. The maximum Gasteiger partial charge on any atom is 0.416 e. The molecule has 0 saturated heterocycles. The molecule has 0 radical (unpaired) electrons. The van der Waals surface area contributed by atoms with E-state index in [4.69, 9.17) is 0 Å². The van der Waals surface area contributed by atoms with Gasteiger partial charge in [0.2, 0.25) is 0 Å². The van der Waals surface area contributed by atoms with Crippen molar-refractivity contribution in [2.45, 2.75) is 58.5 Å². The highest BCUT2D eigenvalue weighted by Gasteiger charge is 2.32. The Bertz CT molecular complexity index is 2910. The first-order chi connectivity index (χ1) is 25.6. The van der Waals surface area contributed by atoms with Crippen LogP contribution >= 0.6 is 0 Å². The summed E-state index contributed by atoms with van der Waals surface area (Å²) in [5.41, 5.74) is 6.13. The Kier molecular flexibility index (Phi) is 7.80. The molecule has 2 aromatic heterocycles. The number of para-hydroxylation sites is 2. The van der Waals surface area contributed by atoms with Gasteiger partial charge in [0.05, 0.1) is 50.6 Å². The van der Waals surface area contributed by atoms with Crippen molar-refractivity contribution in [3.05, 3.63) is 143 Å². The van der Waals surface area contributed by atoms with Gasteiger partial charge < -0.3 is 9.13 Å². The molecule has 0 N–H and O–H groups in total. The van der Waals surface area contributed by atoms with Gasteiger partial charge in [0, 0.05) is 27.1 Å². The minimum atomic E-state index is -4.69. The number of benzene rings is 6. The third kappa shape index (κ3) is 5.51. The molecule has 54 heavy (non-hydrogen) atoms. The summed E-state index contributed by atoms with van der Waals surface area (Å²) >= 11 is 0. The number of aromatic nitrogens is 2. The van der Waals surface area contributed by atoms with Crippen molar-refractivity contribution >= 4 is 43.6 Å². The number of fused-ring (bicyclic) bond motifs is 6. The zero-order valence-corrected chi connectivity index (χ0v) is 30.9. The van der Waals surface area contributed by atoms with Gasteiger partial charge in [-0.15, -0.1) is 0 Å². The van der Waals surface area contributed by atoms with E-state index in [0.29, 0.717) is 16.9 Å². The van der Waals surface area contributed by atoms with Crippen LogP contribution in [0.2, 0.25) is 0 Å². The Labute approximate surface area is 311 Å². The van der Waals surface area contributed by atoms with E-state index in [1.165, 1.54) is 6.07 Å². The SMILES string of the molecule is CC(C)(C)c1ccc2c3ccccc3n(-c3ccc(-c4cc(C#N)cc(C(F)(F)F)c4)c(-n4c5ccccc5c5ccc(C(C)(C)C)cc54)c3C#N)c2c1. The number of hydrogen-bond donors (Lipinski definition) is 0. The van der Waals surface area contributed by atoms with E-state index in [1.807, 2.05) is 59.2 Å². The van der Waals surface area contributed by atoms with Crippen molar-refractivity contribution in [1.82, 2.24) is 9.13 Å². The monoisotopic (exact) mass is 714 g/mol. The minimum Gasteiger partial charge on any atom is -0.308 e. The van der Waals surface area contributed by atoms with Crippen molar-refractivity contribution in [2.24, 2.45) is 0 Å². The fourth-order valence-electron chi connectivity index (χ4n) is 7.73. The molecule has 0 amide bonds. The summed E-state index contributed by atoms with van der Waals surface area (Å²) in [6.07, 6.45) is -4.69. The first-order valence-electron chi connectivity index (χ1n) is 17.9. The Morgan fingerprint density at radius 2 is 1.02 bits per heavy atom. The van der Waals surface area contributed by atoms with Gasteiger partial charge in [-0.05, 0) is 76.1 Å². The van der Waals surface area contributed by atoms with Crippen molar-refractivity contribution in [3.8, 4) is 34.6 Å². The van der Waals surface area contributed by atoms with E-state index in [0.717, 1.165) is 66.9 Å². The van der Waals surface area contributed by atoms with E-state index in [2.05, 4.69) is 94.6 Å². The highest BCUT2D eigenvalue weighted by molar-refractivity contribution is 6.12. The molecule has 8 aromatic rings. The van der Waals surface area contributed by atoms with Crippen LogP contribution in [0, 0.1) is 22.7 Å². The number of hydrogen-bond acceptors (Lipinski definition) is 2. The third-order valence-electron chi connectivity index (χ3n) is 10.5. The van der Waals surface area contributed by atoms with Gasteiger partial charge in [0.1, 0.15) is 11.6 Å². The normalized spacial score (nSPS) is 12.5. The minimum absolute atomic E-state index is 0.122. The molecule has 0 aliphatic carbocycles. The second-order valence-corrected chi connectivity index (χ2v) is 16.0. The molecule has 0 aliphatic heterocycles. The summed E-state index contributed by atoms with van der Waals surface area (Å²) < 4.78 is 47.3. The molecule has 2 heterocycles. The molecule has 0 spiro atoms. The lowest BCUT2D eigenvalue weighted by Gasteiger charge is -2.22. The molecule has 4 nitrogen and oxygen atoms in total. The summed E-state index contributed by atoms with van der Waals surface area (Å²) in [6, 6.07) is 40.2. The predicted octanol–water partition coefficient (Wildman–Crippen LogP) is 12.9. The van der Waals surface area contributed by atoms with Crippen LogP contribution in [0.3, 0.4) is 0 Å². The fourth-order valence-corrected chi connectivity index (χ4v) is 7.73. The van der Waals surface area contributed by atoms with Gasteiger partial charge in [0.15, 0.2) is 0 Å². The van der Waals surface area contributed by atoms with E-state index < -0.39 is 11.7 Å². The van der Waals surface area contributed by atoms with Crippen LogP contribution in [0.5, 0.6) is 0 Å². The van der Waals surface area contributed by atoms with Gasteiger partial charge in [-0.3, -0.25) is 0 Å². The molecule has 0 saturated carbocycles. The number of nitrogens with zero attached hydrogens (tertiary/aromatic N) is 4. The summed E-state index contributed by atoms with van der Waals surface area (Å²) in [5.74, 6) is 0. The van der Waals surface area contributed by atoms with E-state index in [1.54, 1.807) is 6.07 Å². The van der Waals surface area contributed by atoms with Crippen molar-refractivity contribution in [1.29, 1.82) is 10.5 Å². The molecule has 0 bridgehead atoms. The van der Waals surface area contributed by atoms with Crippen LogP contribution in [0.4, 0.5) is 13.2 Å². The summed E-state index contributed by atoms with van der Waals surface area (Å²) in [7, 11) is 0. The molecular weight excluding hydrogens is 678 g/mol. The maximum absolute atomic E-state index is 14.4. The molecule has 0 atom stereocenters. The van der Waals surface area contributed by atoms with Gasteiger partial charge in [0.25, 0.3) is 0 Å². The smallest absolute Gasteiger partial charge is 0.308 e. The highest BCUT2D eigenvalue weighted by atomic mass is 19.4. The molecule has 0 unspecified atom stereocenters. The fraction of sp³-hybridized carbons (Fsp3) is 0.191. The largest absolute Gasteiger partial charge is 0.416 e. The number of rotatable bonds is 3. The topological polar surface area (TPSA) is 57.4 Å². The van der Waals surface area contributed by atoms with Crippen LogP contribution in [0.15, 0.2) is 115 Å². The number of halogens is 3. The molecule has 266 valence electrons. The third-order valence-corrected chi connectivity index (χ3v) is 10.5. The highest BCUT2D eigenvalue weighted by Crippen LogP contribution is 2.44. The maximum atomic E-state index is 14.4.